The van der Waals surface area contributed by atoms with Crippen molar-refractivity contribution >= 4 is 11.7 Å². The third kappa shape index (κ3) is 3.32. The third-order valence-corrected chi connectivity index (χ3v) is 3.62. The minimum absolute atomic E-state index is 0.102. The van der Waals surface area contributed by atoms with Gasteiger partial charge in [-0.3, -0.25) is 10.1 Å². The molecule has 0 unspecified atom stereocenters. The SMILES string of the molecule is C#CC1=C(C)[C@H](OC(=O)c2ccc([N+](=O)[O-])cc2)C[C@H](O)C1. The zero-order valence-corrected chi connectivity index (χ0v) is 12.0. The number of terminal acetylenes is 1. The monoisotopic (exact) mass is 301 g/mol. The summed E-state index contributed by atoms with van der Waals surface area (Å²) in [7, 11) is 0. The molecule has 22 heavy (non-hydrogen) atoms. The first-order chi connectivity index (χ1) is 10.4. The van der Waals surface area contributed by atoms with Crippen LogP contribution in [0.5, 0.6) is 0 Å². The molecule has 0 saturated carbocycles. The largest absolute Gasteiger partial charge is 0.454 e. The van der Waals surface area contributed by atoms with Crippen molar-refractivity contribution in [3.8, 4) is 12.3 Å². The molecule has 2 rings (SSSR count). The lowest BCUT2D eigenvalue weighted by Gasteiger charge is -2.27. The quantitative estimate of drug-likeness (QED) is 0.400. The fourth-order valence-corrected chi connectivity index (χ4v) is 2.32. The lowest BCUT2D eigenvalue weighted by molar-refractivity contribution is -0.384. The molecule has 1 N–H and O–H groups in total. The van der Waals surface area contributed by atoms with E-state index in [0.29, 0.717) is 12.0 Å². The number of carbonyl (C=O) groups is 1. The van der Waals surface area contributed by atoms with Crippen LogP contribution in [-0.4, -0.2) is 28.2 Å². The highest BCUT2D eigenvalue weighted by atomic mass is 16.6. The second-order valence-corrected chi connectivity index (χ2v) is 5.10. The minimum atomic E-state index is -0.649. The number of hydrogen-bond donors (Lipinski definition) is 1. The van der Waals surface area contributed by atoms with Gasteiger partial charge in [0.25, 0.3) is 5.69 Å². The molecule has 6 nitrogen and oxygen atoms in total. The summed E-state index contributed by atoms with van der Waals surface area (Å²) in [5.74, 6) is 1.89. The van der Waals surface area contributed by atoms with E-state index in [4.69, 9.17) is 11.2 Å². The lowest BCUT2D eigenvalue weighted by atomic mass is 9.88. The van der Waals surface area contributed by atoms with E-state index >= 15 is 0 Å². The molecule has 0 aliphatic heterocycles. The van der Waals surface area contributed by atoms with E-state index in [2.05, 4.69) is 5.92 Å². The van der Waals surface area contributed by atoms with Gasteiger partial charge in [0.1, 0.15) is 6.10 Å². The Hall–Kier alpha value is -2.65. The summed E-state index contributed by atoms with van der Waals surface area (Å²) >= 11 is 0. The number of aliphatic hydroxyl groups is 1. The summed E-state index contributed by atoms with van der Waals surface area (Å²) in [6.07, 6.45) is 4.82. The van der Waals surface area contributed by atoms with Crippen LogP contribution in [0.25, 0.3) is 0 Å². The van der Waals surface area contributed by atoms with E-state index in [-0.39, 0.29) is 17.7 Å². The fraction of sp³-hybridized carbons (Fsp3) is 0.312. The molecule has 0 radical (unpaired) electrons. The lowest BCUT2D eigenvalue weighted by Crippen LogP contribution is -2.30. The standard InChI is InChI=1S/C16H15NO5/c1-3-11-8-14(18)9-15(10(11)2)22-16(19)12-4-6-13(7-5-12)17(20)21/h1,4-7,14-15,18H,8-9H2,2H3/t14-,15-/m1/s1. The zero-order valence-electron chi connectivity index (χ0n) is 12.0. The average Bonchev–Trinajstić information content (AvgIpc) is 2.50. The van der Waals surface area contributed by atoms with Crippen molar-refractivity contribution in [1.82, 2.24) is 0 Å². The number of hydrogen-bond acceptors (Lipinski definition) is 5. The maximum absolute atomic E-state index is 12.1. The van der Waals surface area contributed by atoms with Gasteiger partial charge in [0.05, 0.1) is 16.6 Å². The minimum Gasteiger partial charge on any atom is -0.454 e. The van der Waals surface area contributed by atoms with Crippen LogP contribution in [0.4, 0.5) is 5.69 Å². The molecule has 0 aromatic heterocycles. The molecule has 2 atom stereocenters. The van der Waals surface area contributed by atoms with Crippen molar-refractivity contribution in [2.75, 3.05) is 0 Å². The van der Waals surface area contributed by atoms with Crippen molar-refractivity contribution < 1.29 is 19.6 Å². The van der Waals surface area contributed by atoms with Crippen molar-refractivity contribution in [3.63, 3.8) is 0 Å². The van der Waals surface area contributed by atoms with Gasteiger partial charge in [0.15, 0.2) is 0 Å². The predicted octanol–water partition coefficient (Wildman–Crippen LogP) is 2.22. The van der Waals surface area contributed by atoms with Crippen LogP contribution in [0.15, 0.2) is 35.4 Å². The maximum atomic E-state index is 12.1. The van der Waals surface area contributed by atoms with Crippen LogP contribution in [0.3, 0.4) is 0 Å². The predicted molar refractivity (Wildman–Crippen MR) is 79.1 cm³/mol. The van der Waals surface area contributed by atoms with E-state index in [1.807, 2.05) is 0 Å². The van der Waals surface area contributed by atoms with Gasteiger partial charge in [0.2, 0.25) is 0 Å². The molecule has 0 saturated heterocycles. The van der Waals surface area contributed by atoms with Gasteiger partial charge >= 0.3 is 5.97 Å². The maximum Gasteiger partial charge on any atom is 0.338 e. The van der Waals surface area contributed by atoms with E-state index in [0.717, 1.165) is 5.57 Å². The number of nitrogens with zero attached hydrogens (tertiary/aromatic N) is 1. The molecule has 0 bridgehead atoms. The molecule has 114 valence electrons. The summed E-state index contributed by atoms with van der Waals surface area (Å²) < 4.78 is 5.37. The first-order valence-corrected chi connectivity index (χ1v) is 6.72. The molecule has 6 heteroatoms. The van der Waals surface area contributed by atoms with Crippen LogP contribution in [0.2, 0.25) is 0 Å². The summed E-state index contributed by atoms with van der Waals surface area (Å²) in [4.78, 5) is 22.1. The van der Waals surface area contributed by atoms with Gasteiger partial charge < -0.3 is 9.84 Å². The Bertz CT molecular complexity index is 669. The first kappa shape index (κ1) is 15.7. The Balaban J connectivity index is 2.14. The van der Waals surface area contributed by atoms with Crippen LogP contribution in [0.1, 0.15) is 30.1 Å². The van der Waals surface area contributed by atoms with E-state index in [9.17, 15) is 20.0 Å². The number of ether oxygens (including phenoxy) is 1. The Morgan fingerprint density at radius 1 is 1.45 bits per heavy atom. The summed E-state index contributed by atoms with van der Waals surface area (Å²) in [6, 6.07) is 5.14. The second kappa shape index (κ2) is 6.41. The molecule has 1 aromatic rings. The number of rotatable bonds is 3. The van der Waals surface area contributed by atoms with Gasteiger partial charge in [-0.05, 0) is 24.6 Å². The van der Waals surface area contributed by atoms with Crippen molar-refractivity contribution in [1.29, 1.82) is 0 Å². The zero-order chi connectivity index (χ0) is 16.3. The van der Waals surface area contributed by atoms with Crippen LogP contribution < -0.4 is 0 Å². The van der Waals surface area contributed by atoms with Gasteiger partial charge in [-0.15, -0.1) is 6.42 Å². The molecule has 0 fully saturated rings. The number of aliphatic hydroxyl groups excluding tert-OH is 1. The van der Waals surface area contributed by atoms with Crippen molar-refractivity contribution in [3.05, 3.63) is 51.1 Å². The van der Waals surface area contributed by atoms with E-state index in [1.54, 1.807) is 6.92 Å². The van der Waals surface area contributed by atoms with Gasteiger partial charge in [0, 0.05) is 30.5 Å². The highest BCUT2D eigenvalue weighted by Crippen LogP contribution is 2.28. The normalized spacial score (nSPS) is 21.1. The number of nitro groups is 1. The van der Waals surface area contributed by atoms with Crippen LogP contribution in [-0.2, 0) is 4.74 Å². The van der Waals surface area contributed by atoms with Gasteiger partial charge in [-0.1, -0.05) is 5.92 Å². The Morgan fingerprint density at radius 2 is 2.09 bits per heavy atom. The van der Waals surface area contributed by atoms with Gasteiger partial charge in [-0.25, -0.2) is 4.79 Å². The Morgan fingerprint density at radius 3 is 2.64 bits per heavy atom. The van der Waals surface area contributed by atoms with E-state index < -0.39 is 23.1 Å². The third-order valence-electron chi connectivity index (χ3n) is 3.62. The number of esters is 1. The molecule has 0 spiro atoms. The van der Waals surface area contributed by atoms with E-state index in [1.165, 1.54) is 24.3 Å². The molecule has 1 aromatic carbocycles. The number of non-ortho nitro benzene ring substituents is 1. The van der Waals surface area contributed by atoms with Crippen molar-refractivity contribution in [2.45, 2.75) is 32.0 Å². The highest BCUT2D eigenvalue weighted by molar-refractivity contribution is 5.89. The molecule has 1 aliphatic carbocycles. The molecule has 0 heterocycles. The van der Waals surface area contributed by atoms with Gasteiger partial charge in [-0.2, -0.15) is 0 Å². The number of benzene rings is 1. The van der Waals surface area contributed by atoms with Crippen LogP contribution >= 0.6 is 0 Å². The second-order valence-electron chi connectivity index (χ2n) is 5.10. The average molecular weight is 301 g/mol. The fourth-order valence-electron chi connectivity index (χ4n) is 2.32. The highest BCUT2D eigenvalue weighted by Gasteiger charge is 2.28. The number of carbonyl (C=O) groups excluding carboxylic acids is 1. The summed E-state index contributed by atoms with van der Waals surface area (Å²) in [5, 5.41) is 20.4. The first-order valence-electron chi connectivity index (χ1n) is 6.72. The Labute approximate surface area is 127 Å². The summed E-state index contributed by atoms with van der Waals surface area (Å²) in [6.45, 7) is 1.77. The molecule has 1 aliphatic rings. The molecule has 0 amide bonds. The smallest absolute Gasteiger partial charge is 0.338 e. The summed E-state index contributed by atoms with van der Waals surface area (Å²) in [5.41, 5.74) is 1.50. The topological polar surface area (TPSA) is 89.7 Å². The van der Waals surface area contributed by atoms with Crippen LogP contribution in [0, 0.1) is 22.5 Å². The number of nitro benzene ring substituents is 1. The molecular weight excluding hydrogens is 286 g/mol. The molecular formula is C16H15NO5. The Kier molecular flexibility index (Phi) is 4.59. The van der Waals surface area contributed by atoms with Crippen molar-refractivity contribution in [2.24, 2.45) is 0 Å².